The molecule has 57 heavy (non-hydrogen) atoms. The van der Waals surface area contributed by atoms with Crippen LogP contribution in [0, 0.1) is 0 Å². The Bertz CT molecular complexity index is 1170. The van der Waals surface area contributed by atoms with Gasteiger partial charge >= 0.3 is 35.8 Å². The summed E-state index contributed by atoms with van der Waals surface area (Å²) in [5, 5.41) is 0. The number of carbonyl (C=O) groups is 6. The maximum Gasteiger partial charge on any atom is 0.305 e. The fourth-order valence-electron chi connectivity index (χ4n) is 1.84. The minimum atomic E-state index is -3.41. The monoisotopic (exact) mass is 876 g/mol. The number of rotatable bonds is 20. The highest BCUT2D eigenvalue weighted by atomic mass is 32.2. The van der Waals surface area contributed by atoms with Gasteiger partial charge in [-0.2, -0.15) is 16.8 Å². The number of esters is 6. The van der Waals surface area contributed by atoms with Crippen LogP contribution in [0.4, 0.5) is 0 Å². The van der Waals surface area contributed by atoms with Crippen LogP contribution in [0.15, 0.2) is 0 Å². The van der Waals surface area contributed by atoms with Crippen LogP contribution in [-0.4, -0.2) is 138 Å². The van der Waals surface area contributed by atoms with Crippen LogP contribution in [0.2, 0.25) is 0 Å². The Kier molecular flexibility index (Phi) is 62.9. The van der Waals surface area contributed by atoms with E-state index in [0.717, 1.165) is 13.0 Å². The van der Waals surface area contributed by atoms with Gasteiger partial charge in [0.25, 0.3) is 20.2 Å². The summed E-state index contributed by atoms with van der Waals surface area (Å²) in [5.41, 5.74) is 0. The largest absolute Gasteiger partial charge is 0.466 e. The van der Waals surface area contributed by atoms with Gasteiger partial charge in [0.15, 0.2) is 6.79 Å². The summed E-state index contributed by atoms with van der Waals surface area (Å²) < 4.78 is 87.6. The summed E-state index contributed by atoms with van der Waals surface area (Å²) in [4.78, 5) is 60.9. The van der Waals surface area contributed by atoms with Crippen molar-refractivity contribution in [1.82, 2.24) is 0 Å². The minimum Gasteiger partial charge on any atom is -0.466 e. The van der Waals surface area contributed by atoms with Crippen LogP contribution in [0.3, 0.4) is 0 Å². The van der Waals surface area contributed by atoms with E-state index in [1.165, 1.54) is 34.6 Å². The zero-order valence-electron chi connectivity index (χ0n) is 36.6. The van der Waals surface area contributed by atoms with Gasteiger partial charge in [-0.15, -0.1) is 0 Å². The summed E-state index contributed by atoms with van der Waals surface area (Å²) in [7, 11) is -4.91. The summed E-state index contributed by atoms with van der Waals surface area (Å²) in [5.74, 6) is -1.75. The Morgan fingerprint density at radius 1 is 0.421 bits per heavy atom. The third kappa shape index (κ3) is 90.4. The molecule has 0 radical (unpaired) electrons. The molecule has 0 rings (SSSR count). The molecule has 0 atom stereocenters. The van der Waals surface area contributed by atoms with Crippen molar-refractivity contribution in [3.63, 3.8) is 0 Å². The van der Waals surface area contributed by atoms with E-state index in [1.807, 2.05) is 20.8 Å². The number of hydrogen-bond acceptors (Lipinski definition) is 20. The van der Waals surface area contributed by atoms with E-state index in [9.17, 15) is 45.6 Å². The molecule has 0 amide bonds. The van der Waals surface area contributed by atoms with Gasteiger partial charge < -0.3 is 37.9 Å². The molecule has 0 bridgehead atoms. The van der Waals surface area contributed by atoms with E-state index < -0.39 is 26.2 Å². The number of methoxy groups -OCH3 is 1. The standard InChI is InChI=1S/C7H12O4.C6H12O5S.C5H12O3S.C5H10O3.C5H10O2.C4H8O2.C3H8O/c1-3-7(9)11-5-4-10-6(2)8;1-3-12(8,9)11-5-4-10-6(2)7;1-3-5-8-9(6,7)4-2;1-3-7-4-8-5(2)6;1-3-5(6)7-4-2;1-3-6-4(2)5;1-3-4-2/h3-5H2,1-2H3;3-5H2,1-2H3;3-5H2,1-2H3;3-4H2,1-2H3;3-4H2,1-2H3;3H2,1-2H3;3H2,1-2H3. The Hall–Kier alpha value is -3.44. The van der Waals surface area contributed by atoms with Gasteiger partial charge in [-0.3, -0.25) is 37.1 Å². The van der Waals surface area contributed by atoms with Gasteiger partial charge in [-0.25, -0.2) is 0 Å². The van der Waals surface area contributed by atoms with E-state index in [2.05, 4.69) is 41.5 Å². The zero-order valence-corrected chi connectivity index (χ0v) is 38.2. The van der Waals surface area contributed by atoms with Gasteiger partial charge in [0, 0.05) is 60.9 Å². The zero-order chi connectivity index (χ0) is 46.1. The Morgan fingerprint density at radius 2 is 0.772 bits per heavy atom. The van der Waals surface area contributed by atoms with Crippen molar-refractivity contribution < 1.29 is 91.9 Å². The second-order valence-corrected chi connectivity index (χ2v) is 13.4. The molecule has 0 aliphatic rings. The van der Waals surface area contributed by atoms with Crippen LogP contribution >= 0.6 is 0 Å². The first-order chi connectivity index (χ1) is 26.5. The van der Waals surface area contributed by atoms with Gasteiger partial charge in [0.05, 0.1) is 31.3 Å². The lowest BCUT2D eigenvalue weighted by atomic mass is 10.5. The average Bonchev–Trinajstić information content (AvgIpc) is 3.15. The van der Waals surface area contributed by atoms with E-state index in [4.69, 9.17) is 4.74 Å². The fraction of sp³-hybridized carbons (Fsp3) is 0.829. The predicted octanol–water partition coefficient (Wildman–Crippen LogP) is 3.91. The molecule has 0 aromatic carbocycles. The van der Waals surface area contributed by atoms with Crippen molar-refractivity contribution in [3.8, 4) is 0 Å². The van der Waals surface area contributed by atoms with Crippen LogP contribution in [0.5, 0.6) is 0 Å². The topological polar surface area (TPSA) is 263 Å². The molecule has 0 saturated heterocycles. The molecule has 0 heterocycles. The van der Waals surface area contributed by atoms with Crippen molar-refractivity contribution in [2.75, 3.05) is 84.9 Å². The SMILES string of the molecule is CCC(=O)OCCOC(C)=O.CCCOS(=O)(=O)CC.CCOC.CCOC(=O)CC.CCOC(C)=O.CCOCOC(C)=O.CCS(=O)(=O)OCCOC(C)=O. The van der Waals surface area contributed by atoms with Crippen molar-refractivity contribution in [2.24, 2.45) is 0 Å². The smallest absolute Gasteiger partial charge is 0.305 e. The summed E-state index contributed by atoms with van der Waals surface area (Å²) in [6, 6.07) is 0. The van der Waals surface area contributed by atoms with Crippen LogP contribution in [-0.2, 0) is 95.3 Å². The third-order valence-electron chi connectivity index (χ3n) is 4.55. The molecular weight excluding hydrogens is 804 g/mol. The quantitative estimate of drug-likeness (QED) is 0.0552. The van der Waals surface area contributed by atoms with Crippen molar-refractivity contribution in [1.29, 1.82) is 0 Å². The normalized spacial score (nSPS) is 9.51. The molecule has 0 fully saturated rings. The van der Waals surface area contributed by atoms with Gasteiger partial charge in [0.2, 0.25) is 0 Å². The lowest BCUT2D eigenvalue weighted by Gasteiger charge is -2.02. The molecule has 22 heteroatoms. The summed E-state index contributed by atoms with van der Waals surface area (Å²) in [6.45, 7) is 23.9. The third-order valence-corrected chi connectivity index (χ3v) is 7.01. The van der Waals surface area contributed by atoms with Gasteiger partial charge in [-0.05, 0) is 48.0 Å². The molecule has 20 nitrogen and oxygen atoms in total. The first kappa shape index (κ1) is 68.3. The molecule has 0 spiro atoms. The van der Waals surface area contributed by atoms with Crippen LogP contribution in [0.25, 0.3) is 0 Å². The second kappa shape index (κ2) is 52.6. The van der Waals surface area contributed by atoms with Crippen LogP contribution < -0.4 is 0 Å². The van der Waals surface area contributed by atoms with E-state index >= 15 is 0 Å². The lowest BCUT2D eigenvalue weighted by Crippen LogP contribution is -2.14. The van der Waals surface area contributed by atoms with E-state index in [-0.39, 0.29) is 74.6 Å². The Morgan fingerprint density at radius 3 is 1.04 bits per heavy atom. The molecule has 0 aliphatic carbocycles. The molecule has 0 unspecified atom stereocenters. The van der Waals surface area contributed by atoms with Crippen molar-refractivity contribution in [3.05, 3.63) is 0 Å². The van der Waals surface area contributed by atoms with Crippen molar-refractivity contribution in [2.45, 2.75) is 109 Å². The second-order valence-electron chi connectivity index (χ2n) is 9.50. The maximum atomic E-state index is 10.7. The number of hydrogen-bond donors (Lipinski definition) is 0. The lowest BCUT2D eigenvalue weighted by molar-refractivity contribution is -0.153. The average molecular weight is 877 g/mol. The summed E-state index contributed by atoms with van der Waals surface area (Å²) in [6.07, 6.45) is 1.56. The summed E-state index contributed by atoms with van der Waals surface area (Å²) >= 11 is 0. The Balaban J connectivity index is -0.000000105. The molecule has 344 valence electrons. The molecule has 0 aromatic rings. The molecule has 0 aromatic heterocycles. The molecule has 0 N–H and O–H groups in total. The van der Waals surface area contributed by atoms with Crippen molar-refractivity contribution >= 4 is 56.1 Å². The number of ether oxygens (including phenoxy) is 8. The first-order valence-electron chi connectivity index (χ1n) is 18.2. The highest BCUT2D eigenvalue weighted by Gasteiger charge is 2.07. The van der Waals surface area contributed by atoms with Gasteiger partial charge in [0.1, 0.15) is 26.4 Å². The first-order valence-corrected chi connectivity index (χ1v) is 21.3. The maximum absolute atomic E-state index is 10.7. The van der Waals surface area contributed by atoms with Gasteiger partial charge in [-0.1, -0.05) is 20.8 Å². The Labute approximate surface area is 341 Å². The molecule has 0 saturated carbocycles. The highest BCUT2D eigenvalue weighted by molar-refractivity contribution is 7.86. The predicted molar refractivity (Wildman–Crippen MR) is 211 cm³/mol. The minimum absolute atomic E-state index is 0.0332. The van der Waals surface area contributed by atoms with E-state index in [0.29, 0.717) is 39.3 Å². The molecular formula is C35H72O20S2. The number of carbonyl (C=O) groups excluding carboxylic acids is 6. The van der Waals surface area contributed by atoms with Crippen LogP contribution in [0.1, 0.15) is 109 Å². The fourth-order valence-corrected chi connectivity index (χ4v) is 2.92. The highest BCUT2D eigenvalue weighted by Crippen LogP contribution is 1.93. The van der Waals surface area contributed by atoms with E-state index in [1.54, 1.807) is 41.7 Å². The molecule has 0 aliphatic heterocycles.